The summed E-state index contributed by atoms with van der Waals surface area (Å²) in [5.74, 6) is 0. The molecule has 106 valence electrons. The average Bonchev–Trinajstić information content (AvgIpc) is 2.47. The Balaban J connectivity index is 2.18. The number of rotatable bonds is 2. The summed E-state index contributed by atoms with van der Waals surface area (Å²) in [6, 6.07) is 18.5. The van der Waals surface area contributed by atoms with E-state index in [9.17, 15) is 0 Å². The van der Waals surface area contributed by atoms with Gasteiger partial charge in [0.25, 0.3) is 0 Å². The maximum Gasteiger partial charge on any atom is 0.0844 e. The van der Waals surface area contributed by atoms with Crippen LogP contribution in [0.4, 0.5) is 0 Å². The fourth-order valence-electron chi connectivity index (χ4n) is 2.78. The molecule has 0 spiro atoms. The van der Waals surface area contributed by atoms with Crippen molar-refractivity contribution in [3.8, 4) is 0 Å². The van der Waals surface area contributed by atoms with Crippen molar-refractivity contribution in [2.24, 2.45) is 0 Å². The Kier molecular flexibility index (Phi) is 3.93. The van der Waals surface area contributed by atoms with Crippen LogP contribution in [0.25, 0.3) is 10.8 Å². The van der Waals surface area contributed by atoms with Gasteiger partial charge in [0.1, 0.15) is 0 Å². The first-order chi connectivity index (χ1) is 10.1. The summed E-state index contributed by atoms with van der Waals surface area (Å²) in [4.78, 5) is 0. The summed E-state index contributed by atoms with van der Waals surface area (Å²) < 4.78 is 0. The minimum Gasteiger partial charge on any atom is -0.113 e. The Hall–Kier alpha value is -1.50. The van der Waals surface area contributed by atoms with Gasteiger partial charge in [0.2, 0.25) is 0 Å². The van der Waals surface area contributed by atoms with Gasteiger partial charge in [-0.3, -0.25) is 0 Å². The minimum absolute atomic E-state index is 0.173. The number of hydrogen-bond donors (Lipinski definition) is 0. The van der Waals surface area contributed by atoms with E-state index in [2.05, 4.69) is 38.1 Å². The highest BCUT2D eigenvalue weighted by atomic mass is 35.5. The van der Waals surface area contributed by atoms with E-state index in [1.54, 1.807) is 0 Å². The highest BCUT2D eigenvalue weighted by Gasteiger charge is 2.16. The monoisotopic (exact) mass is 314 g/mol. The summed E-state index contributed by atoms with van der Waals surface area (Å²) in [7, 11) is 0. The summed E-state index contributed by atoms with van der Waals surface area (Å²) in [6.07, 6.45) is 0. The van der Waals surface area contributed by atoms with Gasteiger partial charge in [-0.15, -0.1) is 11.6 Å². The third-order valence-electron chi connectivity index (χ3n) is 3.88. The third-order valence-corrected chi connectivity index (χ3v) is 4.68. The Morgan fingerprint density at radius 1 is 0.810 bits per heavy atom. The lowest BCUT2D eigenvalue weighted by atomic mass is 9.95. The molecule has 0 fully saturated rings. The quantitative estimate of drug-likeness (QED) is 0.477. The molecule has 0 aromatic heterocycles. The van der Waals surface area contributed by atoms with Gasteiger partial charge in [-0.25, -0.2) is 0 Å². The van der Waals surface area contributed by atoms with E-state index in [-0.39, 0.29) is 5.38 Å². The van der Waals surface area contributed by atoms with E-state index in [1.165, 1.54) is 11.1 Å². The lowest BCUT2D eigenvalue weighted by Gasteiger charge is -2.16. The lowest BCUT2D eigenvalue weighted by molar-refractivity contribution is 1.12. The molecule has 0 aliphatic heterocycles. The van der Waals surface area contributed by atoms with Gasteiger partial charge < -0.3 is 0 Å². The number of fused-ring (bicyclic) bond motifs is 1. The molecule has 0 nitrogen and oxygen atoms in total. The molecule has 3 rings (SSSR count). The van der Waals surface area contributed by atoms with Crippen LogP contribution in [0.5, 0.6) is 0 Å². The van der Waals surface area contributed by atoms with Crippen molar-refractivity contribution < 1.29 is 0 Å². The van der Waals surface area contributed by atoms with Crippen molar-refractivity contribution >= 4 is 34.0 Å². The predicted octanol–water partition coefficient (Wildman–Crippen LogP) is 6.44. The normalized spacial score (nSPS) is 12.6. The fourth-order valence-corrected chi connectivity index (χ4v) is 3.45. The van der Waals surface area contributed by atoms with Crippen LogP contribution in [0, 0.1) is 13.8 Å². The molecule has 0 saturated heterocycles. The number of benzene rings is 3. The molecule has 2 heteroatoms. The molecule has 3 aromatic carbocycles. The first-order valence-electron chi connectivity index (χ1n) is 6.96. The molecular weight excluding hydrogens is 299 g/mol. The van der Waals surface area contributed by atoms with Gasteiger partial charge in [0.15, 0.2) is 0 Å². The first kappa shape index (κ1) is 14.4. The van der Waals surface area contributed by atoms with Gasteiger partial charge in [0.05, 0.1) is 5.38 Å². The second kappa shape index (κ2) is 5.71. The van der Waals surface area contributed by atoms with Crippen LogP contribution >= 0.6 is 23.2 Å². The highest BCUT2D eigenvalue weighted by molar-refractivity contribution is 6.36. The van der Waals surface area contributed by atoms with E-state index >= 15 is 0 Å². The van der Waals surface area contributed by atoms with Crippen LogP contribution in [0.2, 0.25) is 5.02 Å². The molecule has 0 aliphatic carbocycles. The van der Waals surface area contributed by atoms with Crippen LogP contribution in [-0.4, -0.2) is 0 Å². The summed E-state index contributed by atoms with van der Waals surface area (Å²) in [5, 5.41) is 2.75. The van der Waals surface area contributed by atoms with E-state index in [4.69, 9.17) is 23.2 Å². The molecular formula is C19H16Cl2. The van der Waals surface area contributed by atoms with Crippen LogP contribution < -0.4 is 0 Å². The van der Waals surface area contributed by atoms with Crippen LogP contribution in [0.15, 0.2) is 54.6 Å². The zero-order chi connectivity index (χ0) is 15.0. The Morgan fingerprint density at radius 3 is 2.19 bits per heavy atom. The Bertz CT molecular complexity index is 806. The SMILES string of the molecule is Cc1ccc(C(Cl)c2ccc(Cl)c3ccccc23)c(C)c1. The van der Waals surface area contributed by atoms with Crippen molar-refractivity contribution in [2.45, 2.75) is 19.2 Å². The highest BCUT2D eigenvalue weighted by Crippen LogP contribution is 2.37. The molecule has 0 aliphatic rings. The number of aryl methyl sites for hydroxylation is 2. The Morgan fingerprint density at radius 2 is 1.48 bits per heavy atom. The van der Waals surface area contributed by atoms with Gasteiger partial charge >= 0.3 is 0 Å². The zero-order valence-corrected chi connectivity index (χ0v) is 13.5. The predicted molar refractivity (Wildman–Crippen MR) is 92.6 cm³/mol. The van der Waals surface area contributed by atoms with Crippen molar-refractivity contribution in [2.75, 3.05) is 0 Å². The number of alkyl halides is 1. The largest absolute Gasteiger partial charge is 0.113 e. The molecule has 0 saturated carbocycles. The van der Waals surface area contributed by atoms with Crippen LogP contribution in [0.1, 0.15) is 27.6 Å². The molecule has 0 radical (unpaired) electrons. The van der Waals surface area contributed by atoms with Gasteiger partial charge in [-0.1, -0.05) is 65.7 Å². The van der Waals surface area contributed by atoms with Crippen molar-refractivity contribution in [1.29, 1.82) is 0 Å². The molecule has 1 atom stereocenters. The minimum atomic E-state index is -0.173. The second-order valence-electron chi connectivity index (χ2n) is 5.40. The fraction of sp³-hybridized carbons (Fsp3) is 0.158. The molecule has 0 amide bonds. The van der Waals surface area contributed by atoms with Gasteiger partial charge in [-0.2, -0.15) is 0 Å². The number of hydrogen-bond acceptors (Lipinski definition) is 0. The molecule has 0 N–H and O–H groups in total. The van der Waals surface area contributed by atoms with E-state index in [1.807, 2.05) is 30.3 Å². The molecule has 0 bridgehead atoms. The maximum absolute atomic E-state index is 6.78. The molecule has 1 unspecified atom stereocenters. The van der Waals surface area contributed by atoms with E-state index in [0.29, 0.717) is 0 Å². The van der Waals surface area contributed by atoms with Crippen LogP contribution in [0.3, 0.4) is 0 Å². The molecule has 0 heterocycles. The summed E-state index contributed by atoms with van der Waals surface area (Å²) >= 11 is 13.1. The standard InChI is InChI=1S/C19H16Cl2/c1-12-7-8-14(13(2)11-12)19(21)17-9-10-18(20)16-6-4-3-5-15(16)17/h3-11,19H,1-2H3. The second-order valence-corrected chi connectivity index (χ2v) is 6.25. The van der Waals surface area contributed by atoms with E-state index < -0.39 is 0 Å². The van der Waals surface area contributed by atoms with Crippen molar-refractivity contribution in [3.63, 3.8) is 0 Å². The Labute approximate surface area is 135 Å². The summed E-state index contributed by atoms with van der Waals surface area (Å²) in [6.45, 7) is 4.20. The summed E-state index contributed by atoms with van der Waals surface area (Å²) in [5.41, 5.74) is 4.72. The zero-order valence-electron chi connectivity index (χ0n) is 12.0. The van der Waals surface area contributed by atoms with Gasteiger partial charge in [-0.05, 0) is 42.0 Å². The first-order valence-corrected chi connectivity index (χ1v) is 7.78. The van der Waals surface area contributed by atoms with E-state index in [0.717, 1.165) is 26.9 Å². The third kappa shape index (κ3) is 2.66. The number of halogens is 2. The maximum atomic E-state index is 6.78. The molecule has 21 heavy (non-hydrogen) atoms. The van der Waals surface area contributed by atoms with Crippen molar-refractivity contribution in [3.05, 3.63) is 81.9 Å². The lowest BCUT2D eigenvalue weighted by Crippen LogP contribution is -1.98. The van der Waals surface area contributed by atoms with Crippen LogP contribution in [-0.2, 0) is 0 Å². The van der Waals surface area contributed by atoms with Crippen molar-refractivity contribution in [1.82, 2.24) is 0 Å². The van der Waals surface area contributed by atoms with Gasteiger partial charge in [0, 0.05) is 10.4 Å². The smallest absolute Gasteiger partial charge is 0.0844 e. The average molecular weight is 315 g/mol. The molecule has 3 aromatic rings. The topological polar surface area (TPSA) is 0 Å².